The smallest absolute Gasteiger partial charge is 0.167 e. The number of hydrogen-bond acceptors (Lipinski definition) is 3. The van der Waals surface area contributed by atoms with Crippen molar-refractivity contribution >= 4 is 5.78 Å². The average molecular weight is 258 g/mol. The average Bonchev–Trinajstić information content (AvgIpc) is 2.83. The zero-order chi connectivity index (χ0) is 13.2. The molecular formula is C16H18O3. The van der Waals surface area contributed by atoms with Crippen LogP contribution in [-0.4, -0.2) is 24.1 Å². The van der Waals surface area contributed by atoms with Gasteiger partial charge in [0.15, 0.2) is 5.78 Å². The van der Waals surface area contributed by atoms with Gasteiger partial charge in [-0.25, -0.2) is 0 Å². The predicted molar refractivity (Wildman–Crippen MR) is 71.8 cm³/mol. The highest BCUT2D eigenvalue weighted by molar-refractivity contribution is 5.86. The van der Waals surface area contributed by atoms with E-state index in [1.54, 1.807) is 0 Å². The SMILES string of the molecule is CCC(O[C@H]1C(=O)C[C@@H]2C=C[C@@H]1O2)c1ccccc1. The van der Waals surface area contributed by atoms with E-state index < -0.39 is 6.10 Å². The minimum Gasteiger partial charge on any atom is -0.363 e. The monoisotopic (exact) mass is 258 g/mol. The number of carbonyl (C=O) groups is 1. The maximum Gasteiger partial charge on any atom is 0.167 e. The number of rotatable bonds is 4. The Morgan fingerprint density at radius 2 is 2.11 bits per heavy atom. The molecule has 3 rings (SSSR count). The molecule has 1 fully saturated rings. The first-order valence-corrected chi connectivity index (χ1v) is 6.85. The fourth-order valence-electron chi connectivity index (χ4n) is 2.72. The first kappa shape index (κ1) is 12.6. The van der Waals surface area contributed by atoms with Crippen LogP contribution >= 0.6 is 0 Å². The third-order valence-electron chi connectivity index (χ3n) is 3.72. The molecule has 19 heavy (non-hydrogen) atoms. The Labute approximate surface area is 113 Å². The largest absolute Gasteiger partial charge is 0.363 e. The Hall–Kier alpha value is -1.45. The summed E-state index contributed by atoms with van der Waals surface area (Å²) >= 11 is 0. The van der Waals surface area contributed by atoms with Crippen molar-refractivity contribution in [3.05, 3.63) is 48.0 Å². The fraction of sp³-hybridized carbons (Fsp3) is 0.438. The number of ketones is 1. The fourth-order valence-corrected chi connectivity index (χ4v) is 2.72. The van der Waals surface area contributed by atoms with Crippen molar-refractivity contribution in [2.75, 3.05) is 0 Å². The van der Waals surface area contributed by atoms with E-state index in [9.17, 15) is 4.79 Å². The number of fused-ring (bicyclic) bond motifs is 2. The molecule has 3 heteroatoms. The van der Waals surface area contributed by atoms with Crippen LogP contribution in [0.1, 0.15) is 31.4 Å². The van der Waals surface area contributed by atoms with E-state index >= 15 is 0 Å². The minimum atomic E-state index is -0.458. The van der Waals surface area contributed by atoms with Crippen molar-refractivity contribution in [2.45, 2.75) is 44.2 Å². The molecule has 4 atom stereocenters. The maximum absolute atomic E-state index is 12.1. The molecule has 1 unspecified atom stereocenters. The van der Waals surface area contributed by atoms with Crippen LogP contribution < -0.4 is 0 Å². The van der Waals surface area contributed by atoms with Gasteiger partial charge in [0.25, 0.3) is 0 Å². The molecule has 1 aromatic rings. The van der Waals surface area contributed by atoms with Gasteiger partial charge >= 0.3 is 0 Å². The molecular weight excluding hydrogens is 240 g/mol. The third kappa shape index (κ3) is 2.48. The van der Waals surface area contributed by atoms with Crippen molar-refractivity contribution in [2.24, 2.45) is 0 Å². The summed E-state index contributed by atoms with van der Waals surface area (Å²) < 4.78 is 11.7. The molecule has 0 amide bonds. The Kier molecular flexibility index (Phi) is 3.49. The predicted octanol–water partition coefficient (Wildman–Crippen LogP) is 2.82. The van der Waals surface area contributed by atoms with Gasteiger partial charge < -0.3 is 9.47 Å². The lowest BCUT2D eigenvalue weighted by Gasteiger charge is -2.31. The second kappa shape index (κ2) is 5.27. The highest BCUT2D eigenvalue weighted by Crippen LogP contribution is 2.31. The van der Waals surface area contributed by atoms with Gasteiger partial charge in [-0.2, -0.15) is 0 Å². The Morgan fingerprint density at radius 1 is 1.32 bits per heavy atom. The first-order valence-electron chi connectivity index (χ1n) is 6.85. The lowest BCUT2D eigenvalue weighted by Crippen LogP contribution is -2.43. The number of Topliss-reactive ketones (excluding diaryl/α,β-unsaturated/α-hetero) is 1. The van der Waals surface area contributed by atoms with E-state index in [0.717, 1.165) is 12.0 Å². The molecule has 100 valence electrons. The molecule has 0 spiro atoms. The van der Waals surface area contributed by atoms with Crippen LogP contribution in [0.4, 0.5) is 0 Å². The van der Waals surface area contributed by atoms with Gasteiger partial charge in [-0.1, -0.05) is 49.4 Å². The molecule has 2 heterocycles. The van der Waals surface area contributed by atoms with Crippen LogP contribution in [0.15, 0.2) is 42.5 Å². The summed E-state index contributed by atoms with van der Waals surface area (Å²) in [5, 5.41) is 0. The van der Waals surface area contributed by atoms with Crippen LogP contribution in [0.25, 0.3) is 0 Å². The van der Waals surface area contributed by atoms with Crippen LogP contribution in [0.3, 0.4) is 0 Å². The topological polar surface area (TPSA) is 35.5 Å². The highest BCUT2D eigenvalue weighted by Gasteiger charge is 2.40. The lowest BCUT2D eigenvalue weighted by atomic mass is 10.0. The van der Waals surface area contributed by atoms with Crippen molar-refractivity contribution in [1.29, 1.82) is 0 Å². The van der Waals surface area contributed by atoms with Gasteiger partial charge in [0.05, 0.1) is 12.2 Å². The lowest BCUT2D eigenvalue weighted by molar-refractivity contribution is -0.160. The Morgan fingerprint density at radius 3 is 2.84 bits per heavy atom. The van der Waals surface area contributed by atoms with E-state index in [4.69, 9.17) is 9.47 Å². The van der Waals surface area contributed by atoms with Gasteiger partial charge in [-0.15, -0.1) is 0 Å². The van der Waals surface area contributed by atoms with Gasteiger partial charge in [-0.3, -0.25) is 4.79 Å². The summed E-state index contributed by atoms with van der Waals surface area (Å²) in [6.45, 7) is 2.07. The summed E-state index contributed by atoms with van der Waals surface area (Å²) in [4.78, 5) is 12.1. The quantitative estimate of drug-likeness (QED) is 0.779. The van der Waals surface area contributed by atoms with Crippen molar-refractivity contribution in [1.82, 2.24) is 0 Å². The van der Waals surface area contributed by atoms with Gasteiger partial charge in [0, 0.05) is 6.42 Å². The van der Waals surface area contributed by atoms with E-state index in [0.29, 0.717) is 6.42 Å². The van der Waals surface area contributed by atoms with Crippen LogP contribution in [0, 0.1) is 0 Å². The van der Waals surface area contributed by atoms with Crippen molar-refractivity contribution < 1.29 is 14.3 Å². The van der Waals surface area contributed by atoms with Crippen LogP contribution in [-0.2, 0) is 14.3 Å². The maximum atomic E-state index is 12.1. The summed E-state index contributed by atoms with van der Waals surface area (Å²) in [6, 6.07) is 10.0. The number of hydrogen-bond donors (Lipinski definition) is 0. The van der Waals surface area contributed by atoms with E-state index in [2.05, 4.69) is 6.92 Å². The zero-order valence-electron chi connectivity index (χ0n) is 11.0. The Bertz CT molecular complexity index is 480. The minimum absolute atomic E-state index is 0.0332. The second-order valence-electron chi connectivity index (χ2n) is 5.06. The van der Waals surface area contributed by atoms with Crippen molar-refractivity contribution in [3.63, 3.8) is 0 Å². The molecule has 0 N–H and O–H groups in total. The second-order valence-corrected chi connectivity index (χ2v) is 5.06. The van der Waals surface area contributed by atoms with E-state index in [1.165, 1.54) is 0 Å². The van der Waals surface area contributed by atoms with Gasteiger partial charge in [0.2, 0.25) is 0 Å². The van der Waals surface area contributed by atoms with Crippen LogP contribution in [0.5, 0.6) is 0 Å². The zero-order valence-corrected chi connectivity index (χ0v) is 11.0. The normalized spacial score (nSPS) is 30.6. The first-order chi connectivity index (χ1) is 9.28. The molecule has 3 nitrogen and oxygen atoms in total. The molecule has 0 radical (unpaired) electrons. The van der Waals surface area contributed by atoms with Crippen molar-refractivity contribution in [3.8, 4) is 0 Å². The molecule has 0 saturated carbocycles. The number of carbonyl (C=O) groups excluding carboxylic acids is 1. The van der Waals surface area contributed by atoms with Gasteiger partial charge in [0.1, 0.15) is 12.2 Å². The van der Waals surface area contributed by atoms with E-state index in [-0.39, 0.29) is 24.1 Å². The van der Waals surface area contributed by atoms with E-state index in [1.807, 2.05) is 42.5 Å². The number of ether oxygens (including phenoxy) is 2. The van der Waals surface area contributed by atoms with Crippen LogP contribution in [0.2, 0.25) is 0 Å². The molecule has 2 aliphatic heterocycles. The Balaban J connectivity index is 1.75. The standard InChI is InChI=1S/C16H18O3/c1-2-14(11-6-4-3-5-7-11)19-16-13(17)10-12-8-9-15(16)18-12/h3-9,12,14-16H,2,10H2,1H3/t12-,14?,15-,16-/m0/s1. The van der Waals surface area contributed by atoms with Gasteiger partial charge in [-0.05, 0) is 12.0 Å². The molecule has 2 bridgehead atoms. The summed E-state index contributed by atoms with van der Waals surface area (Å²) in [5.41, 5.74) is 1.11. The molecule has 1 saturated heterocycles. The molecule has 2 aliphatic rings. The summed E-state index contributed by atoms with van der Waals surface area (Å²) in [6.07, 6.45) is 4.45. The molecule has 1 aromatic carbocycles. The highest BCUT2D eigenvalue weighted by atomic mass is 16.6. The molecule has 0 aliphatic carbocycles. The summed E-state index contributed by atoms with van der Waals surface area (Å²) in [7, 11) is 0. The third-order valence-corrected chi connectivity index (χ3v) is 3.72. The molecule has 0 aromatic heterocycles. The number of benzene rings is 1. The summed E-state index contributed by atoms with van der Waals surface area (Å²) in [5.74, 6) is 0.153.